The van der Waals surface area contributed by atoms with Gasteiger partial charge in [-0.3, -0.25) is 0 Å². The quantitative estimate of drug-likeness (QED) is 0.526. The second-order valence-electron chi connectivity index (χ2n) is 6.11. The molecule has 0 aromatic heterocycles. The third-order valence-corrected chi connectivity index (χ3v) is 4.43. The van der Waals surface area contributed by atoms with Crippen LogP contribution in [0.2, 0.25) is 5.02 Å². The van der Waals surface area contributed by atoms with Crippen molar-refractivity contribution in [1.82, 2.24) is 0 Å². The van der Waals surface area contributed by atoms with Crippen molar-refractivity contribution in [1.29, 1.82) is 0 Å². The van der Waals surface area contributed by atoms with Crippen molar-refractivity contribution in [3.63, 3.8) is 0 Å². The summed E-state index contributed by atoms with van der Waals surface area (Å²) in [4.78, 5) is 0. The number of halogens is 2. The molecule has 0 unspecified atom stereocenters. The number of hydrogen-bond donors (Lipinski definition) is 1. The van der Waals surface area contributed by atoms with Gasteiger partial charge in [-0.25, -0.2) is 4.39 Å². The maximum absolute atomic E-state index is 13.3. The minimum Gasteiger partial charge on any atom is -0.497 e. The lowest BCUT2D eigenvalue weighted by Crippen LogP contribution is -2.03. The molecule has 0 amide bonds. The number of nitrogens with one attached hydrogen (secondary N) is 1. The SMILES string of the molecule is COc1ccc(NCc2cc(Cl)c(OCc3cccc(F)c3)c(OC)c2)cc1. The van der Waals surface area contributed by atoms with Gasteiger partial charge in [-0.15, -0.1) is 0 Å². The first-order valence-electron chi connectivity index (χ1n) is 8.70. The van der Waals surface area contributed by atoms with Gasteiger partial charge in [-0.1, -0.05) is 23.7 Å². The van der Waals surface area contributed by atoms with Crippen molar-refractivity contribution in [3.05, 3.63) is 82.6 Å². The molecule has 0 heterocycles. The van der Waals surface area contributed by atoms with Gasteiger partial charge in [0.15, 0.2) is 11.5 Å². The maximum atomic E-state index is 13.3. The summed E-state index contributed by atoms with van der Waals surface area (Å²) in [6, 6.07) is 17.6. The second-order valence-corrected chi connectivity index (χ2v) is 6.52. The number of ether oxygens (including phenoxy) is 3. The van der Waals surface area contributed by atoms with E-state index in [2.05, 4.69) is 5.32 Å². The number of rotatable bonds is 8. The standard InChI is InChI=1S/C22H21ClFNO3/c1-26-19-8-6-18(7-9-19)25-13-16-11-20(23)22(21(12-16)27-2)28-14-15-4-3-5-17(24)10-15/h3-12,25H,13-14H2,1-2H3. The van der Waals surface area contributed by atoms with E-state index in [1.807, 2.05) is 36.4 Å². The van der Waals surface area contributed by atoms with Crippen LogP contribution in [-0.4, -0.2) is 14.2 Å². The molecule has 0 aliphatic carbocycles. The van der Waals surface area contributed by atoms with Crippen LogP contribution in [0.4, 0.5) is 10.1 Å². The van der Waals surface area contributed by atoms with Crippen molar-refractivity contribution in [2.75, 3.05) is 19.5 Å². The molecule has 1 N–H and O–H groups in total. The minimum atomic E-state index is -0.306. The van der Waals surface area contributed by atoms with E-state index >= 15 is 0 Å². The summed E-state index contributed by atoms with van der Waals surface area (Å²) >= 11 is 6.41. The smallest absolute Gasteiger partial charge is 0.180 e. The van der Waals surface area contributed by atoms with Crippen molar-refractivity contribution >= 4 is 17.3 Å². The van der Waals surface area contributed by atoms with E-state index < -0.39 is 0 Å². The van der Waals surface area contributed by atoms with Crippen LogP contribution in [0.5, 0.6) is 17.2 Å². The van der Waals surface area contributed by atoms with Gasteiger partial charge in [0.1, 0.15) is 18.2 Å². The first-order chi connectivity index (χ1) is 13.6. The fourth-order valence-corrected chi connectivity index (χ4v) is 3.00. The highest BCUT2D eigenvalue weighted by molar-refractivity contribution is 6.32. The fourth-order valence-electron chi connectivity index (χ4n) is 2.71. The van der Waals surface area contributed by atoms with Crippen LogP contribution in [0.15, 0.2) is 60.7 Å². The molecule has 0 spiro atoms. The first-order valence-corrected chi connectivity index (χ1v) is 9.08. The molecule has 0 atom stereocenters. The zero-order valence-corrected chi connectivity index (χ0v) is 16.4. The Hall–Kier alpha value is -2.92. The van der Waals surface area contributed by atoms with E-state index in [1.54, 1.807) is 26.4 Å². The molecule has 146 valence electrons. The Balaban J connectivity index is 1.69. The average Bonchev–Trinajstić information content (AvgIpc) is 2.71. The van der Waals surface area contributed by atoms with Gasteiger partial charge < -0.3 is 19.5 Å². The minimum absolute atomic E-state index is 0.192. The lowest BCUT2D eigenvalue weighted by atomic mass is 10.2. The maximum Gasteiger partial charge on any atom is 0.180 e. The first kappa shape index (κ1) is 19.8. The summed E-state index contributed by atoms with van der Waals surface area (Å²) in [5.74, 6) is 1.45. The molecule has 28 heavy (non-hydrogen) atoms. The van der Waals surface area contributed by atoms with Crippen molar-refractivity contribution in [2.24, 2.45) is 0 Å². The Kier molecular flexibility index (Phi) is 6.61. The Bertz CT molecular complexity index is 932. The molecule has 3 aromatic carbocycles. The summed E-state index contributed by atoms with van der Waals surface area (Å²) in [6.45, 7) is 0.754. The third kappa shape index (κ3) is 5.08. The molecule has 0 aliphatic rings. The predicted molar refractivity (Wildman–Crippen MR) is 109 cm³/mol. The topological polar surface area (TPSA) is 39.7 Å². The lowest BCUT2D eigenvalue weighted by molar-refractivity contribution is 0.284. The van der Waals surface area contributed by atoms with Crippen molar-refractivity contribution in [3.8, 4) is 17.2 Å². The summed E-state index contributed by atoms with van der Waals surface area (Å²) in [6.07, 6.45) is 0. The Labute approximate surface area is 168 Å². The number of methoxy groups -OCH3 is 2. The molecular weight excluding hydrogens is 381 g/mol. The van der Waals surface area contributed by atoms with E-state index in [4.69, 9.17) is 25.8 Å². The molecule has 0 aliphatic heterocycles. The highest BCUT2D eigenvalue weighted by Crippen LogP contribution is 2.37. The zero-order chi connectivity index (χ0) is 19.9. The Morgan fingerprint density at radius 3 is 2.39 bits per heavy atom. The van der Waals surface area contributed by atoms with Crippen LogP contribution >= 0.6 is 11.6 Å². The van der Waals surface area contributed by atoms with Gasteiger partial charge in [0, 0.05) is 12.2 Å². The molecule has 6 heteroatoms. The molecule has 0 saturated carbocycles. The van der Waals surface area contributed by atoms with Gasteiger partial charge in [0.05, 0.1) is 19.2 Å². The molecule has 4 nitrogen and oxygen atoms in total. The Morgan fingerprint density at radius 2 is 1.71 bits per heavy atom. The summed E-state index contributed by atoms with van der Waals surface area (Å²) in [7, 11) is 3.19. The molecule has 3 aromatic rings. The zero-order valence-electron chi connectivity index (χ0n) is 15.7. The number of hydrogen-bond acceptors (Lipinski definition) is 4. The van der Waals surface area contributed by atoms with Crippen molar-refractivity contribution in [2.45, 2.75) is 13.2 Å². The molecule has 0 radical (unpaired) electrons. The molecule has 0 fully saturated rings. The largest absolute Gasteiger partial charge is 0.497 e. The normalized spacial score (nSPS) is 10.4. The fraction of sp³-hybridized carbons (Fsp3) is 0.182. The highest BCUT2D eigenvalue weighted by Gasteiger charge is 2.13. The molecule has 0 saturated heterocycles. The van der Waals surface area contributed by atoms with Gasteiger partial charge in [-0.2, -0.15) is 0 Å². The molecule has 0 bridgehead atoms. The summed E-state index contributed by atoms with van der Waals surface area (Å²) in [5, 5.41) is 3.75. The van der Waals surface area contributed by atoms with Crippen LogP contribution < -0.4 is 19.5 Å². The van der Waals surface area contributed by atoms with E-state index in [1.165, 1.54) is 12.1 Å². The second kappa shape index (κ2) is 9.33. The van der Waals surface area contributed by atoms with Gasteiger partial charge >= 0.3 is 0 Å². The van der Waals surface area contributed by atoms with E-state index in [0.717, 1.165) is 17.0 Å². The van der Waals surface area contributed by atoms with E-state index in [-0.39, 0.29) is 12.4 Å². The third-order valence-electron chi connectivity index (χ3n) is 4.15. The van der Waals surface area contributed by atoms with Crippen LogP contribution in [-0.2, 0) is 13.2 Å². The van der Waals surface area contributed by atoms with Gasteiger partial charge in [0.2, 0.25) is 0 Å². The van der Waals surface area contributed by atoms with Crippen LogP contribution in [0, 0.1) is 5.82 Å². The predicted octanol–water partition coefficient (Wildman–Crippen LogP) is 5.69. The van der Waals surface area contributed by atoms with Gasteiger partial charge in [0.25, 0.3) is 0 Å². The van der Waals surface area contributed by atoms with E-state index in [9.17, 15) is 4.39 Å². The van der Waals surface area contributed by atoms with Gasteiger partial charge in [-0.05, 0) is 59.7 Å². The summed E-state index contributed by atoms with van der Waals surface area (Å²) < 4.78 is 29.7. The monoisotopic (exact) mass is 401 g/mol. The molecular formula is C22H21ClFNO3. The van der Waals surface area contributed by atoms with Crippen LogP contribution in [0.1, 0.15) is 11.1 Å². The van der Waals surface area contributed by atoms with Crippen LogP contribution in [0.3, 0.4) is 0 Å². The van der Waals surface area contributed by atoms with Crippen LogP contribution in [0.25, 0.3) is 0 Å². The summed E-state index contributed by atoms with van der Waals surface area (Å²) in [5.41, 5.74) is 2.61. The lowest BCUT2D eigenvalue weighted by Gasteiger charge is -2.15. The average molecular weight is 402 g/mol. The Morgan fingerprint density at radius 1 is 0.929 bits per heavy atom. The highest BCUT2D eigenvalue weighted by atomic mass is 35.5. The number of benzene rings is 3. The molecule has 3 rings (SSSR count). The van der Waals surface area contributed by atoms with E-state index in [0.29, 0.717) is 28.6 Å². The van der Waals surface area contributed by atoms with Crippen molar-refractivity contribution < 1.29 is 18.6 Å². The number of anilines is 1.